The van der Waals surface area contributed by atoms with Crippen molar-refractivity contribution in [3.63, 3.8) is 0 Å². The Hall–Kier alpha value is -0.840. The SMILES string of the molecule is C[C@H]1CNC(=S)CN1C(=O)OC(C)(C)C. The Morgan fingerprint density at radius 1 is 1.60 bits per heavy atom. The van der Waals surface area contributed by atoms with E-state index in [1.165, 1.54) is 0 Å². The zero-order chi connectivity index (χ0) is 11.6. The van der Waals surface area contributed by atoms with Gasteiger partial charge in [-0.3, -0.25) is 4.90 Å². The van der Waals surface area contributed by atoms with Gasteiger partial charge in [0.1, 0.15) is 5.60 Å². The number of thiocarbonyl (C=S) groups is 1. The number of carbonyl (C=O) groups excluding carboxylic acids is 1. The third-order valence-corrected chi connectivity index (χ3v) is 2.34. The van der Waals surface area contributed by atoms with Crippen molar-refractivity contribution in [1.82, 2.24) is 10.2 Å². The third-order valence-electron chi connectivity index (χ3n) is 2.07. The molecule has 1 fully saturated rings. The first-order valence-electron chi connectivity index (χ1n) is 5.06. The smallest absolute Gasteiger partial charge is 0.410 e. The van der Waals surface area contributed by atoms with Crippen molar-refractivity contribution in [3.05, 3.63) is 0 Å². The van der Waals surface area contributed by atoms with Gasteiger partial charge in [-0.25, -0.2) is 4.79 Å². The standard InChI is InChI=1S/C10H18N2O2S/c1-7-5-11-8(15)6-12(7)9(13)14-10(2,3)4/h7H,5-6H2,1-4H3,(H,11,15)/t7-/m0/s1. The number of rotatable bonds is 0. The molecular weight excluding hydrogens is 212 g/mol. The molecule has 1 atom stereocenters. The summed E-state index contributed by atoms with van der Waals surface area (Å²) in [5.41, 5.74) is -0.455. The van der Waals surface area contributed by atoms with Gasteiger partial charge in [-0.1, -0.05) is 12.2 Å². The van der Waals surface area contributed by atoms with Gasteiger partial charge in [0, 0.05) is 12.6 Å². The van der Waals surface area contributed by atoms with Crippen molar-refractivity contribution in [2.45, 2.75) is 39.3 Å². The van der Waals surface area contributed by atoms with Crippen molar-refractivity contribution in [2.75, 3.05) is 13.1 Å². The number of amides is 1. The maximum absolute atomic E-state index is 11.8. The third kappa shape index (κ3) is 3.66. The normalized spacial score (nSPS) is 22.3. The molecule has 0 aromatic rings. The molecule has 5 heteroatoms. The lowest BCUT2D eigenvalue weighted by Gasteiger charge is -2.35. The Morgan fingerprint density at radius 2 is 2.20 bits per heavy atom. The van der Waals surface area contributed by atoms with Gasteiger partial charge in [-0.15, -0.1) is 0 Å². The van der Waals surface area contributed by atoms with Gasteiger partial charge in [0.15, 0.2) is 0 Å². The van der Waals surface area contributed by atoms with E-state index in [1.54, 1.807) is 4.90 Å². The molecule has 0 saturated carbocycles. The average Bonchev–Trinajstić information content (AvgIpc) is 2.06. The highest BCUT2D eigenvalue weighted by Gasteiger charge is 2.29. The van der Waals surface area contributed by atoms with Crippen molar-refractivity contribution in [2.24, 2.45) is 0 Å². The predicted molar refractivity (Wildman–Crippen MR) is 63.0 cm³/mol. The molecule has 1 heterocycles. The van der Waals surface area contributed by atoms with E-state index in [-0.39, 0.29) is 12.1 Å². The Kier molecular flexibility index (Phi) is 3.54. The van der Waals surface area contributed by atoms with Gasteiger partial charge in [0.25, 0.3) is 0 Å². The summed E-state index contributed by atoms with van der Waals surface area (Å²) in [5, 5.41) is 3.06. The van der Waals surface area contributed by atoms with Crippen LogP contribution in [0.15, 0.2) is 0 Å². The lowest BCUT2D eigenvalue weighted by Crippen LogP contribution is -2.55. The van der Waals surface area contributed by atoms with Crippen molar-refractivity contribution >= 4 is 23.3 Å². The van der Waals surface area contributed by atoms with Gasteiger partial charge in [0.2, 0.25) is 0 Å². The molecule has 1 rings (SSSR count). The van der Waals surface area contributed by atoms with Crippen LogP contribution in [-0.2, 0) is 4.74 Å². The Morgan fingerprint density at radius 3 is 2.73 bits per heavy atom. The Balaban J connectivity index is 2.61. The lowest BCUT2D eigenvalue weighted by atomic mass is 10.2. The predicted octanol–water partition coefficient (Wildman–Crippen LogP) is 1.54. The van der Waals surface area contributed by atoms with E-state index in [4.69, 9.17) is 17.0 Å². The molecule has 0 spiro atoms. The van der Waals surface area contributed by atoms with Gasteiger partial charge in [-0.05, 0) is 27.7 Å². The molecule has 1 saturated heterocycles. The van der Waals surface area contributed by atoms with Crippen LogP contribution in [0.2, 0.25) is 0 Å². The van der Waals surface area contributed by atoms with E-state index < -0.39 is 5.60 Å². The van der Waals surface area contributed by atoms with Crippen LogP contribution in [-0.4, -0.2) is 40.7 Å². The van der Waals surface area contributed by atoms with E-state index >= 15 is 0 Å². The minimum atomic E-state index is -0.455. The molecule has 0 aliphatic carbocycles. The molecule has 0 radical (unpaired) electrons. The average molecular weight is 230 g/mol. The minimum absolute atomic E-state index is 0.117. The molecule has 15 heavy (non-hydrogen) atoms. The number of nitrogens with zero attached hydrogens (tertiary/aromatic N) is 1. The van der Waals surface area contributed by atoms with Crippen molar-refractivity contribution in [3.8, 4) is 0 Å². The van der Waals surface area contributed by atoms with Crippen LogP contribution in [0.1, 0.15) is 27.7 Å². The van der Waals surface area contributed by atoms with E-state index in [0.29, 0.717) is 18.1 Å². The van der Waals surface area contributed by atoms with E-state index in [2.05, 4.69) is 5.32 Å². The van der Waals surface area contributed by atoms with Crippen molar-refractivity contribution < 1.29 is 9.53 Å². The molecule has 1 aliphatic heterocycles. The number of hydrogen-bond donors (Lipinski definition) is 1. The number of nitrogens with one attached hydrogen (secondary N) is 1. The summed E-state index contributed by atoms with van der Waals surface area (Å²) >= 11 is 5.04. The fourth-order valence-corrected chi connectivity index (χ4v) is 1.53. The van der Waals surface area contributed by atoms with Crippen LogP contribution in [0.25, 0.3) is 0 Å². The number of hydrogen-bond acceptors (Lipinski definition) is 3. The van der Waals surface area contributed by atoms with Gasteiger partial charge in [-0.2, -0.15) is 0 Å². The highest BCUT2D eigenvalue weighted by molar-refractivity contribution is 7.80. The summed E-state index contributed by atoms with van der Waals surface area (Å²) < 4.78 is 5.30. The molecule has 0 aromatic heterocycles. The summed E-state index contributed by atoms with van der Waals surface area (Å²) in [6.07, 6.45) is -0.293. The molecule has 0 unspecified atom stereocenters. The summed E-state index contributed by atoms with van der Waals surface area (Å²) in [6, 6.07) is 0.117. The highest BCUT2D eigenvalue weighted by atomic mass is 32.1. The second-order valence-electron chi connectivity index (χ2n) is 4.76. The molecule has 1 amide bonds. The van der Waals surface area contributed by atoms with E-state index in [9.17, 15) is 4.79 Å². The summed E-state index contributed by atoms with van der Waals surface area (Å²) in [7, 11) is 0. The molecule has 0 bridgehead atoms. The lowest BCUT2D eigenvalue weighted by molar-refractivity contribution is 0.0199. The van der Waals surface area contributed by atoms with Crippen molar-refractivity contribution in [1.29, 1.82) is 0 Å². The summed E-state index contributed by atoms with van der Waals surface area (Å²) in [4.78, 5) is 14.1. The van der Waals surface area contributed by atoms with Crippen LogP contribution in [0, 0.1) is 0 Å². The number of carbonyl (C=O) groups is 1. The van der Waals surface area contributed by atoms with Crippen LogP contribution in [0.3, 0.4) is 0 Å². The van der Waals surface area contributed by atoms with Gasteiger partial charge < -0.3 is 10.1 Å². The van der Waals surface area contributed by atoms with Crippen LogP contribution < -0.4 is 5.32 Å². The van der Waals surface area contributed by atoms with E-state index in [1.807, 2.05) is 27.7 Å². The number of ether oxygens (including phenoxy) is 1. The monoisotopic (exact) mass is 230 g/mol. The van der Waals surface area contributed by atoms with E-state index in [0.717, 1.165) is 0 Å². The molecule has 1 aliphatic rings. The fraction of sp³-hybridized carbons (Fsp3) is 0.800. The first kappa shape index (κ1) is 12.2. The maximum atomic E-state index is 11.8. The zero-order valence-electron chi connectivity index (χ0n) is 9.66. The van der Waals surface area contributed by atoms with Crippen LogP contribution >= 0.6 is 12.2 Å². The Bertz CT molecular complexity index is 273. The van der Waals surface area contributed by atoms with Gasteiger partial charge in [0.05, 0.1) is 11.5 Å². The topological polar surface area (TPSA) is 41.6 Å². The molecule has 0 aromatic carbocycles. The second kappa shape index (κ2) is 4.35. The molecule has 1 N–H and O–H groups in total. The van der Waals surface area contributed by atoms with Gasteiger partial charge >= 0.3 is 6.09 Å². The second-order valence-corrected chi connectivity index (χ2v) is 5.25. The largest absolute Gasteiger partial charge is 0.444 e. The van der Waals surface area contributed by atoms with Crippen LogP contribution in [0.4, 0.5) is 4.79 Å². The minimum Gasteiger partial charge on any atom is -0.444 e. The quantitative estimate of drug-likeness (QED) is 0.641. The molecule has 4 nitrogen and oxygen atoms in total. The van der Waals surface area contributed by atoms with Crippen LogP contribution in [0.5, 0.6) is 0 Å². The maximum Gasteiger partial charge on any atom is 0.410 e. The first-order chi connectivity index (χ1) is 6.79. The summed E-state index contributed by atoms with van der Waals surface area (Å²) in [6.45, 7) is 8.68. The zero-order valence-corrected chi connectivity index (χ0v) is 10.5. The fourth-order valence-electron chi connectivity index (χ4n) is 1.30. The number of piperazine rings is 1. The molecule has 86 valence electrons. The summed E-state index contributed by atoms with van der Waals surface area (Å²) in [5.74, 6) is 0. The highest BCUT2D eigenvalue weighted by Crippen LogP contribution is 2.13. The first-order valence-corrected chi connectivity index (χ1v) is 5.47. The molecular formula is C10H18N2O2S. The Labute approximate surface area is 96.0 Å².